The van der Waals surface area contributed by atoms with Crippen LogP contribution in [0.2, 0.25) is 0 Å². The Kier molecular flexibility index (Phi) is 3.80. The molecule has 30 heavy (non-hydrogen) atoms. The molecule has 0 unspecified atom stereocenters. The second-order valence-electron chi connectivity index (χ2n) is 8.77. The predicted octanol–water partition coefficient (Wildman–Crippen LogP) is 4.42. The molecule has 0 saturated heterocycles. The summed E-state index contributed by atoms with van der Waals surface area (Å²) in [5, 5.41) is 15.3. The standard InChI is InChI=1S/C23H21N3O4/c1-23(2,3)21-12-26-18(17-10-19(27)15(22(28)29)11-25(17)21)9-16(24-26)13-5-4-6-20-14(13)7-8-30-20/h4-11,21H,12H2,1-3H3,(H,28,29)/t21-/m0/s1. The number of hydrogen-bond acceptors (Lipinski definition) is 4. The van der Waals surface area contributed by atoms with Gasteiger partial charge in [0.05, 0.1) is 35.9 Å². The van der Waals surface area contributed by atoms with Gasteiger partial charge in [0, 0.05) is 23.2 Å². The van der Waals surface area contributed by atoms with Crippen LogP contribution in [-0.4, -0.2) is 25.4 Å². The lowest BCUT2D eigenvalue weighted by molar-refractivity contribution is 0.0693. The minimum absolute atomic E-state index is 0.0591. The first-order valence-electron chi connectivity index (χ1n) is 9.78. The average Bonchev–Trinajstić information content (AvgIpc) is 3.32. The summed E-state index contributed by atoms with van der Waals surface area (Å²) < 4.78 is 9.35. The molecule has 0 spiro atoms. The highest BCUT2D eigenvalue weighted by Gasteiger charge is 2.34. The number of pyridine rings is 1. The number of rotatable bonds is 2. The van der Waals surface area contributed by atoms with Crippen LogP contribution >= 0.6 is 0 Å². The fraction of sp³-hybridized carbons (Fsp3) is 0.261. The van der Waals surface area contributed by atoms with Gasteiger partial charge in [0.1, 0.15) is 11.1 Å². The molecule has 1 aliphatic rings. The van der Waals surface area contributed by atoms with Crippen LogP contribution in [0.25, 0.3) is 33.6 Å². The number of fused-ring (bicyclic) bond motifs is 4. The van der Waals surface area contributed by atoms with Crippen molar-refractivity contribution >= 4 is 16.9 Å². The Morgan fingerprint density at radius 2 is 2.00 bits per heavy atom. The van der Waals surface area contributed by atoms with Gasteiger partial charge in [0.2, 0.25) is 0 Å². The van der Waals surface area contributed by atoms with E-state index in [9.17, 15) is 14.7 Å². The lowest BCUT2D eigenvalue weighted by Crippen LogP contribution is -2.35. The molecule has 5 rings (SSSR count). The maximum absolute atomic E-state index is 12.5. The molecule has 4 aromatic rings. The molecule has 7 heteroatoms. The summed E-state index contributed by atoms with van der Waals surface area (Å²) in [6, 6.07) is 11.0. The third-order valence-electron chi connectivity index (χ3n) is 5.81. The summed E-state index contributed by atoms with van der Waals surface area (Å²) in [6.45, 7) is 6.87. The number of aromatic carboxylic acids is 1. The molecule has 7 nitrogen and oxygen atoms in total. The van der Waals surface area contributed by atoms with Crippen molar-refractivity contribution in [1.82, 2.24) is 14.3 Å². The predicted molar refractivity (Wildman–Crippen MR) is 113 cm³/mol. The number of nitrogens with zero attached hydrogens (tertiary/aromatic N) is 3. The van der Waals surface area contributed by atoms with Gasteiger partial charge in [-0.1, -0.05) is 32.9 Å². The van der Waals surface area contributed by atoms with E-state index in [-0.39, 0.29) is 17.0 Å². The number of carbonyl (C=O) groups is 1. The second kappa shape index (κ2) is 6.19. The van der Waals surface area contributed by atoms with E-state index in [0.29, 0.717) is 12.2 Å². The largest absolute Gasteiger partial charge is 0.477 e. The summed E-state index contributed by atoms with van der Waals surface area (Å²) in [7, 11) is 0. The van der Waals surface area contributed by atoms with Crippen molar-refractivity contribution in [3.8, 4) is 22.6 Å². The van der Waals surface area contributed by atoms with Crippen LogP contribution in [0.15, 0.2) is 58.1 Å². The van der Waals surface area contributed by atoms with E-state index in [1.165, 1.54) is 12.3 Å². The Morgan fingerprint density at radius 1 is 1.20 bits per heavy atom. The van der Waals surface area contributed by atoms with Gasteiger partial charge in [-0.2, -0.15) is 5.10 Å². The molecule has 1 atom stereocenters. The highest BCUT2D eigenvalue weighted by atomic mass is 16.4. The molecular weight excluding hydrogens is 382 g/mol. The fourth-order valence-electron chi connectivity index (χ4n) is 4.23. The minimum atomic E-state index is -1.21. The van der Waals surface area contributed by atoms with Crippen molar-refractivity contribution in [2.75, 3.05) is 0 Å². The van der Waals surface area contributed by atoms with Crippen LogP contribution in [0, 0.1) is 5.41 Å². The molecule has 0 fully saturated rings. The summed E-state index contributed by atoms with van der Waals surface area (Å²) >= 11 is 0. The van der Waals surface area contributed by atoms with E-state index < -0.39 is 11.4 Å². The smallest absolute Gasteiger partial charge is 0.341 e. The molecular formula is C23H21N3O4. The Bertz CT molecular complexity index is 1370. The van der Waals surface area contributed by atoms with Crippen molar-refractivity contribution in [2.24, 2.45) is 5.41 Å². The molecule has 3 aromatic heterocycles. The molecule has 0 radical (unpaired) electrons. The minimum Gasteiger partial charge on any atom is -0.477 e. The quantitative estimate of drug-likeness (QED) is 0.535. The maximum atomic E-state index is 12.5. The van der Waals surface area contributed by atoms with Gasteiger partial charge in [-0.3, -0.25) is 9.48 Å². The summed E-state index contributed by atoms with van der Waals surface area (Å²) in [5.41, 5.74) is 3.09. The van der Waals surface area contributed by atoms with Gasteiger partial charge in [-0.25, -0.2) is 4.79 Å². The average molecular weight is 403 g/mol. The summed E-state index contributed by atoms with van der Waals surface area (Å²) in [5.74, 6) is -1.21. The highest BCUT2D eigenvalue weighted by molar-refractivity contribution is 5.93. The number of furan rings is 1. The van der Waals surface area contributed by atoms with Crippen LogP contribution in [0.4, 0.5) is 0 Å². The molecule has 0 saturated carbocycles. The number of benzene rings is 1. The van der Waals surface area contributed by atoms with E-state index >= 15 is 0 Å². The van der Waals surface area contributed by atoms with Crippen LogP contribution in [0.3, 0.4) is 0 Å². The Hall–Kier alpha value is -3.61. The number of carboxylic acid groups (broad SMARTS) is 1. The number of hydrogen-bond donors (Lipinski definition) is 1. The zero-order valence-electron chi connectivity index (χ0n) is 16.9. The molecule has 1 aliphatic heterocycles. The summed E-state index contributed by atoms with van der Waals surface area (Å²) in [4.78, 5) is 24.0. The van der Waals surface area contributed by atoms with Crippen LogP contribution in [0.5, 0.6) is 0 Å². The van der Waals surface area contributed by atoms with E-state index in [0.717, 1.165) is 27.9 Å². The molecule has 0 aliphatic carbocycles. The zero-order valence-corrected chi connectivity index (χ0v) is 16.9. The van der Waals surface area contributed by atoms with Crippen LogP contribution in [0.1, 0.15) is 37.2 Å². The summed E-state index contributed by atoms with van der Waals surface area (Å²) in [6.07, 6.45) is 3.13. The van der Waals surface area contributed by atoms with E-state index in [1.54, 1.807) is 6.26 Å². The number of aromatic nitrogens is 3. The van der Waals surface area contributed by atoms with Gasteiger partial charge in [-0.05, 0) is 23.6 Å². The van der Waals surface area contributed by atoms with Crippen LogP contribution < -0.4 is 5.43 Å². The van der Waals surface area contributed by atoms with Crippen molar-refractivity contribution in [1.29, 1.82) is 0 Å². The Morgan fingerprint density at radius 3 is 2.73 bits per heavy atom. The van der Waals surface area contributed by atoms with Gasteiger partial charge < -0.3 is 14.1 Å². The number of carboxylic acids is 1. The van der Waals surface area contributed by atoms with Gasteiger partial charge in [-0.15, -0.1) is 0 Å². The maximum Gasteiger partial charge on any atom is 0.341 e. The van der Waals surface area contributed by atoms with Crippen molar-refractivity contribution < 1.29 is 14.3 Å². The first-order valence-corrected chi connectivity index (χ1v) is 9.78. The Balaban J connectivity index is 1.75. The SMILES string of the molecule is CC(C)(C)[C@@H]1Cn2nc(-c3cccc4occc34)cc2-c2cc(=O)c(C(=O)O)cn21. The van der Waals surface area contributed by atoms with Gasteiger partial charge in [0.25, 0.3) is 0 Å². The lowest BCUT2D eigenvalue weighted by atomic mass is 9.85. The van der Waals surface area contributed by atoms with Crippen molar-refractivity contribution in [2.45, 2.75) is 33.4 Å². The first kappa shape index (κ1) is 18.4. The van der Waals surface area contributed by atoms with E-state index in [4.69, 9.17) is 9.52 Å². The van der Waals surface area contributed by atoms with Gasteiger partial charge >= 0.3 is 5.97 Å². The zero-order chi connectivity index (χ0) is 21.2. The van der Waals surface area contributed by atoms with E-state index in [1.807, 2.05) is 39.6 Å². The molecule has 0 bridgehead atoms. The van der Waals surface area contributed by atoms with E-state index in [2.05, 4.69) is 20.8 Å². The highest BCUT2D eigenvalue weighted by Crippen LogP contribution is 2.41. The molecule has 0 amide bonds. The molecule has 1 aromatic carbocycles. The normalized spacial score (nSPS) is 15.8. The topological polar surface area (TPSA) is 90.3 Å². The van der Waals surface area contributed by atoms with Crippen molar-refractivity contribution in [3.05, 3.63) is 64.6 Å². The van der Waals surface area contributed by atoms with Gasteiger partial charge in [0.15, 0.2) is 5.43 Å². The molecule has 1 N–H and O–H groups in total. The lowest BCUT2D eigenvalue weighted by Gasteiger charge is -2.38. The third-order valence-corrected chi connectivity index (χ3v) is 5.81. The first-order chi connectivity index (χ1) is 14.2. The van der Waals surface area contributed by atoms with Crippen molar-refractivity contribution in [3.63, 3.8) is 0 Å². The monoisotopic (exact) mass is 403 g/mol. The molecule has 152 valence electrons. The fourth-order valence-corrected chi connectivity index (χ4v) is 4.23. The molecule has 4 heterocycles. The Labute approximate surface area is 172 Å². The second-order valence-corrected chi connectivity index (χ2v) is 8.77. The third kappa shape index (κ3) is 2.69. The van der Waals surface area contributed by atoms with Crippen LogP contribution in [-0.2, 0) is 6.54 Å².